The molecular formula is C26H27N3O4S. The number of unbranched alkanes of at least 4 members (excludes halogenated alkanes) is 3. The number of fused-ring (bicyclic) bond motifs is 1. The zero-order valence-corrected chi connectivity index (χ0v) is 20.1. The van der Waals surface area contributed by atoms with Crippen molar-refractivity contribution in [3.63, 3.8) is 0 Å². The molecule has 0 amide bonds. The van der Waals surface area contributed by atoms with Gasteiger partial charge in [0, 0.05) is 6.42 Å². The lowest BCUT2D eigenvalue weighted by Gasteiger charge is -2.11. The third-order valence-electron chi connectivity index (χ3n) is 5.41. The summed E-state index contributed by atoms with van der Waals surface area (Å²) in [6, 6.07) is 15.1. The van der Waals surface area contributed by atoms with E-state index in [0.29, 0.717) is 29.1 Å². The standard InChI is InChI=1S/C26H27N3O4S/c1-3-4-5-9-14-33-21-13-12-19(16-22(21)32-2)17-23-25(31)29-26(34-23)27-24(30)20(28-29)15-18-10-7-6-8-11-18/h6-8,10-13,16-17H,3-5,9,14-15H2,1-2H3. The average molecular weight is 478 g/mol. The van der Waals surface area contributed by atoms with Gasteiger partial charge >= 0.3 is 0 Å². The summed E-state index contributed by atoms with van der Waals surface area (Å²) in [5, 5.41) is 4.31. The average Bonchev–Trinajstić information content (AvgIpc) is 3.14. The number of thiazole rings is 1. The fourth-order valence-electron chi connectivity index (χ4n) is 3.60. The van der Waals surface area contributed by atoms with Crippen molar-refractivity contribution in [2.75, 3.05) is 13.7 Å². The third-order valence-corrected chi connectivity index (χ3v) is 6.36. The monoisotopic (exact) mass is 477 g/mol. The first kappa shape index (κ1) is 23.6. The van der Waals surface area contributed by atoms with E-state index < -0.39 is 5.56 Å². The van der Waals surface area contributed by atoms with Crippen molar-refractivity contribution in [2.45, 2.75) is 39.0 Å². The third kappa shape index (κ3) is 5.51. The second kappa shape index (κ2) is 11.1. The SMILES string of the molecule is CCCCCCOc1ccc(C=c2sc3nc(=O)c(Cc4ccccc4)nn3c2=O)cc1OC. The molecule has 0 saturated heterocycles. The molecule has 0 fully saturated rings. The lowest BCUT2D eigenvalue weighted by atomic mass is 10.1. The minimum Gasteiger partial charge on any atom is -0.493 e. The van der Waals surface area contributed by atoms with Crippen LogP contribution in [0.5, 0.6) is 11.5 Å². The van der Waals surface area contributed by atoms with Gasteiger partial charge in [-0.25, -0.2) is 0 Å². The minimum atomic E-state index is -0.418. The van der Waals surface area contributed by atoms with E-state index in [4.69, 9.17) is 9.47 Å². The quantitative estimate of drug-likeness (QED) is 0.325. The normalized spacial score (nSPS) is 11.8. The van der Waals surface area contributed by atoms with Gasteiger partial charge in [0.1, 0.15) is 5.69 Å². The summed E-state index contributed by atoms with van der Waals surface area (Å²) in [6.07, 6.45) is 6.59. The molecule has 0 aliphatic rings. The lowest BCUT2D eigenvalue weighted by Crippen LogP contribution is -2.28. The number of hydrogen-bond donors (Lipinski definition) is 0. The number of methoxy groups -OCH3 is 1. The first-order valence-corrected chi connectivity index (χ1v) is 12.2. The van der Waals surface area contributed by atoms with Gasteiger partial charge in [0.05, 0.1) is 18.2 Å². The largest absolute Gasteiger partial charge is 0.493 e. The van der Waals surface area contributed by atoms with Gasteiger partial charge in [-0.2, -0.15) is 14.6 Å². The Bertz CT molecular complexity index is 1430. The van der Waals surface area contributed by atoms with Crippen LogP contribution in [0.15, 0.2) is 58.1 Å². The second-order valence-corrected chi connectivity index (χ2v) is 8.96. The Labute approximate surface area is 201 Å². The van der Waals surface area contributed by atoms with E-state index >= 15 is 0 Å². The van der Waals surface area contributed by atoms with E-state index in [-0.39, 0.29) is 16.2 Å². The number of rotatable bonds is 10. The molecule has 0 aliphatic heterocycles. The second-order valence-electron chi connectivity index (χ2n) is 7.96. The van der Waals surface area contributed by atoms with Crippen LogP contribution in [-0.4, -0.2) is 28.3 Å². The number of aromatic nitrogens is 3. The Kier molecular flexibility index (Phi) is 7.69. The number of nitrogens with zero attached hydrogens (tertiary/aromatic N) is 3. The van der Waals surface area contributed by atoms with Crippen molar-refractivity contribution in [2.24, 2.45) is 0 Å². The summed E-state index contributed by atoms with van der Waals surface area (Å²) < 4.78 is 13.0. The Balaban J connectivity index is 1.61. The van der Waals surface area contributed by atoms with Crippen molar-refractivity contribution in [3.05, 3.63) is 90.6 Å². The van der Waals surface area contributed by atoms with Crippen molar-refractivity contribution >= 4 is 22.4 Å². The molecule has 0 N–H and O–H groups in total. The van der Waals surface area contributed by atoms with Gasteiger partial charge in [-0.15, -0.1) is 0 Å². The molecule has 34 heavy (non-hydrogen) atoms. The van der Waals surface area contributed by atoms with Crippen LogP contribution >= 0.6 is 11.3 Å². The fourth-order valence-corrected chi connectivity index (χ4v) is 4.50. The predicted octanol–water partition coefficient (Wildman–Crippen LogP) is 3.62. The highest BCUT2D eigenvalue weighted by molar-refractivity contribution is 7.15. The molecule has 0 spiro atoms. The van der Waals surface area contributed by atoms with Crippen LogP contribution in [-0.2, 0) is 6.42 Å². The molecule has 0 saturated carbocycles. The highest BCUT2D eigenvalue weighted by Crippen LogP contribution is 2.28. The summed E-state index contributed by atoms with van der Waals surface area (Å²) >= 11 is 1.14. The Morgan fingerprint density at radius 3 is 2.62 bits per heavy atom. The van der Waals surface area contributed by atoms with Gasteiger partial charge in [0.2, 0.25) is 4.96 Å². The zero-order valence-electron chi connectivity index (χ0n) is 19.3. The molecule has 4 rings (SSSR count). The van der Waals surface area contributed by atoms with E-state index in [9.17, 15) is 9.59 Å². The van der Waals surface area contributed by atoms with E-state index in [1.165, 1.54) is 17.4 Å². The summed E-state index contributed by atoms with van der Waals surface area (Å²) in [7, 11) is 1.59. The number of benzene rings is 2. The van der Waals surface area contributed by atoms with Crippen LogP contribution < -0.4 is 25.1 Å². The van der Waals surface area contributed by atoms with Gasteiger partial charge in [-0.1, -0.05) is 73.9 Å². The molecule has 8 heteroatoms. The van der Waals surface area contributed by atoms with Crippen LogP contribution in [0, 0.1) is 0 Å². The molecular weight excluding hydrogens is 450 g/mol. The topological polar surface area (TPSA) is 82.8 Å². The molecule has 0 bridgehead atoms. The maximum absolute atomic E-state index is 13.0. The number of ether oxygens (including phenoxy) is 2. The molecule has 2 aromatic heterocycles. The van der Waals surface area contributed by atoms with Crippen molar-refractivity contribution in [1.29, 1.82) is 0 Å². The summed E-state index contributed by atoms with van der Waals surface area (Å²) in [4.78, 5) is 29.8. The highest BCUT2D eigenvalue weighted by Gasteiger charge is 2.12. The minimum absolute atomic E-state index is 0.243. The molecule has 0 radical (unpaired) electrons. The Morgan fingerprint density at radius 2 is 1.85 bits per heavy atom. The van der Waals surface area contributed by atoms with Crippen molar-refractivity contribution in [3.8, 4) is 11.5 Å². The smallest absolute Gasteiger partial charge is 0.296 e. The maximum atomic E-state index is 13.0. The van der Waals surface area contributed by atoms with Crippen LogP contribution in [0.2, 0.25) is 0 Å². The molecule has 176 valence electrons. The first-order valence-electron chi connectivity index (χ1n) is 11.4. The van der Waals surface area contributed by atoms with Gasteiger partial charge in [-0.05, 0) is 35.8 Å². The van der Waals surface area contributed by atoms with Crippen LogP contribution in [0.4, 0.5) is 0 Å². The molecule has 7 nitrogen and oxygen atoms in total. The zero-order chi connectivity index (χ0) is 23.9. The van der Waals surface area contributed by atoms with Gasteiger partial charge in [0.25, 0.3) is 11.1 Å². The van der Waals surface area contributed by atoms with Gasteiger partial charge < -0.3 is 9.47 Å². The molecule has 2 heterocycles. The fraction of sp³-hybridized carbons (Fsp3) is 0.308. The molecule has 0 aliphatic carbocycles. The van der Waals surface area contributed by atoms with E-state index in [1.54, 1.807) is 13.2 Å². The van der Waals surface area contributed by atoms with Gasteiger partial charge in [0.15, 0.2) is 11.5 Å². The van der Waals surface area contributed by atoms with Crippen molar-refractivity contribution in [1.82, 2.24) is 14.6 Å². The molecule has 0 atom stereocenters. The molecule has 0 unspecified atom stereocenters. The maximum Gasteiger partial charge on any atom is 0.296 e. The van der Waals surface area contributed by atoms with Crippen LogP contribution in [0.1, 0.15) is 49.4 Å². The molecule has 4 aromatic rings. The highest BCUT2D eigenvalue weighted by atomic mass is 32.1. The molecule has 2 aromatic carbocycles. The Morgan fingerprint density at radius 1 is 1.03 bits per heavy atom. The van der Waals surface area contributed by atoms with Crippen molar-refractivity contribution < 1.29 is 9.47 Å². The van der Waals surface area contributed by atoms with Crippen LogP contribution in [0.25, 0.3) is 11.0 Å². The lowest BCUT2D eigenvalue weighted by molar-refractivity contribution is 0.285. The number of hydrogen-bond acceptors (Lipinski definition) is 7. The Hall–Kier alpha value is -3.52. The van der Waals surface area contributed by atoms with Gasteiger partial charge in [-0.3, -0.25) is 9.59 Å². The van der Waals surface area contributed by atoms with E-state index in [2.05, 4.69) is 17.0 Å². The van der Waals surface area contributed by atoms with E-state index in [1.807, 2.05) is 48.5 Å². The summed E-state index contributed by atoms with van der Waals surface area (Å²) in [6.45, 7) is 2.81. The summed E-state index contributed by atoms with van der Waals surface area (Å²) in [5.41, 5.74) is 1.23. The first-order chi connectivity index (χ1) is 16.6. The predicted molar refractivity (Wildman–Crippen MR) is 134 cm³/mol. The van der Waals surface area contributed by atoms with E-state index in [0.717, 1.165) is 35.3 Å². The summed E-state index contributed by atoms with van der Waals surface area (Å²) in [5.74, 6) is 1.28. The van der Waals surface area contributed by atoms with Crippen LogP contribution in [0.3, 0.4) is 0 Å².